The predicted octanol–water partition coefficient (Wildman–Crippen LogP) is 3.82. The number of hydrogen-bond donors (Lipinski definition) is 2. The number of fused-ring (bicyclic) bond motifs is 2. The zero-order valence-electron chi connectivity index (χ0n) is 22.1. The largest absolute Gasteiger partial charge is 0.503 e. The molecule has 1 fully saturated rings. The average molecular weight is 552 g/mol. The first-order valence-electron chi connectivity index (χ1n) is 13.3. The summed E-state index contributed by atoms with van der Waals surface area (Å²) in [6.45, 7) is 0.469. The van der Waals surface area contributed by atoms with Gasteiger partial charge in [-0.1, -0.05) is 36.4 Å². The molecular formula is C30H31F2N3O5. The second kappa shape index (κ2) is 11.6. The van der Waals surface area contributed by atoms with Crippen molar-refractivity contribution in [2.45, 2.75) is 44.3 Å². The van der Waals surface area contributed by atoms with Gasteiger partial charge in [0, 0.05) is 49.9 Å². The smallest absolute Gasteiger partial charge is 0.274 e. The number of halogens is 2. The van der Waals surface area contributed by atoms with Gasteiger partial charge < -0.3 is 24.6 Å². The molecule has 0 bridgehead atoms. The predicted molar refractivity (Wildman–Crippen MR) is 143 cm³/mol. The maximum Gasteiger partial charge on any atom is 0.274 e. The number of carbonyl (C=O) groups is 2. The summed E-state index contributed by atoms with van der Waals surface area (Å²) in [5, 5.41) is 13.3. The molecule has 5 rings (SSSR count). The topological polar surface area (TPSA) is 101 Å². The fourth-order valence-electron chi connectivity index (χ4n) is 5.83. The highest BCUT2D eigenvalue weighted by Crippen LogP contribution is 2.39. The molecule has 210 valence electrons. The van der Waals surface area contributed by atoms with Crippen LogP contribution in [0.4, 0.5) is 8.78 Å². The van der Waals surface area contributed by atoms with Crippen LogP contribution < -0.4 is 10.7 Å². The molecule has 8 nitrogen and oxygen atoms in total. The number of carbonyl (C=O) groups excluding carboxylic acids is 2. The van der Waals surface area contributed by atoms with Crippen LogP contribution in [0, 0.1) is 17.6 Å². The molecule has 1 aliphatic heterocycles. The molecular weight excluding hydrogens is 520 g/mol. The fraction of sp³-hybridized carbons (Fsp3) is 0.367. The van der Waals surface area contributed by atoms with Gasteiger partial charge in [0.1, 0.15) is 17.2 Å². The third-order valence-corrected chi connectivity index (χ3v) is 8.00. The molecule has 0 unspecified atom stereocenters. The van der Waals surface area contributed by atoms with E-state index in [1.165, 1.54) is 22.4 Å². The molecule has 3 atom stereocenters. The number of nitrogens with zero attached hydrogens (tertiary/aromatic N) is 2. The van der Waals surface area contributed by atoms with Crippen LogP contribution in [-0.4, -0.2) is 52.7 Å². The lowest BCUT2D eigenvalue weighted by molar-refractivity contribution is 0.0203. The highest BCUT2D eigenvalue weighted by atomic mass is 19.1. The number of ether oxygens (including phenoxy) is 1. The maximum absolute atomic E-state index is 14.0. The molecule has 2 N–H and O–H groups in total. The first kappa shape index (κ1) is 27.5. The Hall–Kier alpha value is -4.05. The molecule has 2 heterocycles. The van der Waals surface area contributed by atoms with E-state index in [9.17, 15) is 28.3 Å². The summed E-state index contributed by atoms with van der Waals surface area (Å²) in [5.74, 6) is -3.37. The van der Waals surface area contributed by atoms with Crippen molar-refractivity contribution in [3.63, 3.8) is 0 Å². The molecule has 40 heavy (non-hydrogen) atoms. The zero-order valence-corrected chi connectivity index (χ0v) is 22.1. The van der Waals surface area contributed by atoms with Crippen LogP contribution in [-0.2, 0) is 17.8 Å². The number of amides is 2. The summed E-state index contributed by atoms with van der Waals surface area (Å²) in [6.07, 6.45) is 3.68. The monoisotopic (exact) mass is 551 g/mol. The van der Waals surface area contributed by atoms with Crippen LogP contribution in [0.1, 0.15) is 57.2 Å². The second-order valence-electron chi connectivity index (χ2n) is 10.4. The number of rotatable bonds is 4. The molecule has 0 saturated heterocycles. The molecule has 0 radical (unpaired) electrons. The van der Waals surface area contributed by atoms with Gasteiger partial charge in [0.15, 0.2) is 11.4 Å². The van der Waals surface area contributed by atoms with Crippen LogP contribution in [0.5, 0.6) is 5.75 Å². The lowest BCUT2D eigenvalue weighted by atomic mass is 9.75. The van der Waals surface area contributed by atoms with Gasteiger partial charge in [0.2, 0.25) is 5.43 Å². The number of aromatic nitrogens is 1. The van der Waals surface area contributed by atoms with E-state index < -0.39 is 40.2 Å². The number of hydrogen-bond acceptors (Lipinski definition) is 5. The van der Waals surface area contributed by atoms with Crippen LogP contribution >= 0.6 is 0 Å². The lowest BCUT2D eigenvalue weighted by Crippen LogP contribution is -2.48. The number of aromatic hydroxyl groups is 1. The van der Waals surface area contributed by atoms with Crippen LogP contribution in [0.3, 0.4) is 0 Å². The summed E-state index contributed by atoms with van der Waals surface area (Å²) in [5.41, 5.74) is -0.331. The van der Waals surface area contributed by atoms with Gasteiger partial charge in [0.05, 0.1) is 13.2 Å². The molecule has 1 aliphatic carbocycles. The summed E-state index contributed by atoms with van der Waals surface area (Å²) >= 11 is 0. The van der Waals surface area contributed by atoms with Gasteiger partial charge in [-0.3, -0.25) is 14.4 Å². The highest BCUT2D eigenvalue weighted by Gasteiger charge is 2.38. The normalized spacial score (nSPS) is 21.3. The molecule has 3 aromatic rings. The van der Waals surface area contributed by atoms with Gasteiger partial charge >= 0.3 is 0 Å². The Bertz CT molecular complexity index is 1480. The van der Waals surface area contributed by atoms with Crippen molar-refractivity contribution in [3.8, 4) is 5.75 Å². The van der Waals surface area contributed by atoms with E-state index in [-0.39, 0.29) is 42.9 Å². The van der Waals surface area contributed by atoms with Gasteiger partial charge in [-0.2, -0.15) is 0 Å². The van der Waals surface area contributed by atoms with Gasteiger partial charge in [0.25, 0.3) is 11.8 Å². The lowest BCUT2D eigenvalue weighted by Gasteiger charge is -2.42. The Morgan fingerprint density at radius 3 is 2.65 bits per heavy atom. The van der Waals surface area contributed by atoms with Gasteiger partial charge in [-0.25, -0.2) is 8.78 Å². The third-order valence-electron chi connectivity index (χ3n) is 8.00. The minimum absolute atomic E-state index is 0.0276. The van der Waals surface area contributed by atoms with Crippen LogP contribution in [0.25, 0.3) is 0 Å². The summed E-state index contributed by atoms with van der Waals surface area (Å²) in [6, 6.07) is 13.1. The average Bonchev–Trinajstić information content (AvgIpc) is 2.95. The van der Waals surface area contributed by atoms with E-state index in [1.54, 1.807) is 11.9 Å². The Labute approximate surface area is 230 Å². The minimum atomic E-state index is -1.01. The quantitative estimate of drug-likeness (QED) is 0.514. The van der Waals surface area contributed by atoms with Gasteiger partial charge in [-0.05, 0) is 36.8 Å². The van der Waals surface area contributed by atoms with Crippen molar-refractivity contribution < 1.29 is 28.2 Å². The first-order chi connectivity index (χ1) is 19.2. The van der Waals surface area contributed by atoms with Crippen molar-refractivity contribution in [1.82, 2.24) is 14.8 Å². The van der Waals surface area contributed by atoms with E-state index in [0.717, 1.165) is 25.3 Å². The molecule has 2 amide bonds. The first-order valence-corrected chi connectivity index (χ1v) is 13.3. The Kier molecular flexibility index (Phi) is 7.97. The van der Waals surface area contributed by atoms with E-state index >= 15 is 0 Å². The summed E-state index contributed by atoms with van der Waals surface area (Å²) in [4.78, 5) is 41.2. The van der Waals surface area contributed by atoms with Crippen molar-refractivity contribution in [1.29, 1.82) is 0 Å². The van der Waals surface area contributed by atoms with E-state index in [0.29, 0.717) is 18.6 Å². The zero-order chi connectivity index (χ0) is 28.4. The minimum Gasteiger partial charge on any atom is -0.503 e. The molecule has 1 aromatic heterocycles. The van der Waals surface area contributed by atoms with Gasteiger partial charge in [-0.15, -0.1) is 0 Å². The number of benzene rings is 2. The van der Waals surface area contributed by atoms with Crippen molar-refractivity contribution in [3.05, 3.63) is 99.0 Å². The molecule has 2 aromatic carbocycles. The number of pyridine rings is 1. The maximum atomic E-state index is 14.0. The Morgan fingerprint density at radius 1 is 1.12 bits per heavy atom. The molecule has 10 heteroatoms. The SMILES string of the molecule is CN1C(=O)c2c(O)c(=O)c(C(=O)NCc3ccc(F)cc3F)cn2CCOC[C@@H]2C[C@@H](c3ccccc3)CC[C@@H]21. The third kappa shape index (κ3) is 5.49. The Morgan fingerprint density at radius 2 is 1.90 bits per heavy atom. The summed E-state index contributed by atoms with van der Waals surface area (Å²) in [7, 11) is 1.66. The highest BCUT2D eigenvalue weighted by molar-refractivity contribution is 5.98. The molecule has 0 spiro atoms. The van der Waals surface area contributed by atoms with Crippen molar-refractivity contribution in [2.75, 3.05) is 20.3 Å². The number of nitrogens with one attached hydrogen (secondary N) is 1. The Balaban J connectivity index is 1.38. The summed E-state index contributed by atoms with van der Waals surface area (Å²) < 4.78 is 34.5. The standard InChI is InChI=1S/C30H31F2N3O5/c1-34-25-10-8-19(18-5-3-2-4-6-18)13-21(25)17-40-12-11-35-16-23(27(36)28(37)26(35)30(34)39)29(38)33-15-20-7-9-22(31)14-24(20)32/h2-7,9,14,16,19,21,25,37H,8,10-13,15,17H2,1H3,(H,33,38)/t19-,21-,25-/m0/s1. The van der Waals surface area contributed by atoms with E-state index in [1.807, 2.05) is 18.2 Å². The molecule has 2 aliphatic rings. The van der Waals surface area contributed by atoms with Crippen molar-refractivity contribution in [2.24, 2.45) is 5.92 Å². The van der Waals surface area contributed by atoms with Crippen LogP contribution in [0.2, 0.25) is 0 Å². The van der Waals surface area contributed by atoms with E-state index in [2.05, 4.69) is 17.4 Å². The fourth-order valence-corrected chi connectivity index (χ4v) is 5.83. The van der Waals surface area contributed by atoms with Crippen molar-refractivity contribution >= 4 is 11.8 Å². The molecule has 1 saturated carbocycles. The van der Waals surface area contributed by atoms with E-state index in [4.69, 9.17) is 4.74 Å². The second-order valence-corrected chi connectivity index (χ2v) is 10.4. The van der Waals surface area contributed by atoms with Crippen LogP contribution in [0.15, 0.2) is 59.5 Å².